The highest BCUT2D eigenvalue weighted by molar-refractivity contribution is 6.31. The molecule has 1 aromatic carbocycles. The van der Waals surface area contributed by atoms with Crippen LogP contribution in [0.4, 0.5) is 4.39 Å². The van der Waals surface area contributed by atoms with Crippen LogP contribution in [0.15, 0.2) is 24.3 Å². The van der Waals surface area contributed by atoms with Crippen molar-refractivity contribution in [3.8, 4) is 0 Å². The quantitative estimate of drug-likeness (QED) is 0.888. The van der Waals surface area contributed by atoms with Gasteiger partial charge in [-0.05, 0) is 50.3 Å². The van der Waals surface area contributed by atoms with Crippen molar-refractivity contribution < 1.29 is 9.50 Å². The molecule has 1 aromatic heterocycles. The summed E-state index contributed by atoms with van der Waals surface area (Å²) in [7, 11) is 0. The molecule has 0 aliphatic carbocycles. The standard InChI is InChI=1S/C16H20ClFN2O/c1-3-20-15(16(17)11(2)19-20)9-13(10-21)8-12-4-6-14(18)7-5-12/h4-7,13,21H,3,8-10H2,1-2H3. The largest absolute Gasteiger partial charge is 0.396 e. The summed E-state index contributed by atoms with van der Waals surface area (Å²) >= 11 is 6.30. The Hall–Kier alpha value is -1.39. The van der Waals surface area contributed by atoms with Crippen LogP contribution in [0.5, 0.6) is 0 Å². The van der Waals surface area contributed by atoms with E-state index in [1.165, 1.54) is 12.1 Å². The van der Waals surface area contributed by atoms with E-state index in [4.69, 9.17) is 11.6 Å². The minimum Gasteiger partial charge on any atom is -0.396 e. The fourth-order valence-corrected chi connectivity index (χ4v) is 2.71. The van der Waals surface area contributed by atoms with Crippen LogP contribution in [-0.2, 0) is 19.4 Å². The Balaban J connectivity index is 2.14. The van der Waals surface area contributed by atoms with Crippen LogP contribution in [0.2, 0.25) is 5.02 Å². The third-order valence-corrected chi connectivity index (χ3v) is 4.12. The molecule has 0 saturated heterocycles. The van der Waals surface area contributed by atoms with Gasteiger partial charge in [0.05, 0.1) is 16.4 Å². The van der Waals surface area contributed by atoms with Crippen molar-refractivity contribution in [3.63, 3.8) is 0 Å². The van der Waals surface area contributed by atoms with Crippen LogP contribution in [0, 0.1) is 18.7 Å². The van der Waals surface area contributed by atoms with Crippen LogP contribution < -0.4 is 0 Å². The molecule has 21 heavy (non-hydrogen) atoms. The van der Waals surface area contributed by atoms with E-state index in [0.29, 0.717) is 17.9 Å². The molecule has 0 aliphatic rings. The van der Waals surface area contributed by atoms with Crippen molar-refractivity contribution in [2.45, 2.75) is 33.2 Å². The molecule has 5 heteroatoms. The van der Waals surface area contributed by atoms with Gasteiger partial charge in [0, 0.05) is 13.2 Å². The second-order valence-electron chi connectivity index (χ2n) is 5.25. The first-order chi connectivity index (χ1) is 10.0. The number of benzene rings is 1. The Bertz CT molecular complexity index is 595. The molecule has 0 radical (unpaired) electrons. The van der Waals surface area contributed by atoms with Gasteiger partial charge in [-0.1, -0.05) is 23.7 Å². The zero-order valence-electron chi connectivity index (χ0n) is 12.3. The van der Waals surface area contributed by atoms with Gasteiger partial charge in [0.1, 0.15) is 5.82 Å². The molecule has 1 heterocycles. The van der Waals surface area contributed by atoms with E-state index in [9.17, 15) is 9.50 Å². The Morgan fingerprint density at radius 2 is 1.95 bits per heavy atom. The van der Waals surface area contributed by atoms with E-state index in [1.807, 2.05) is 18.5 Å². The highest BCUT2D eigenvalue weighted by Gasteiger charge is 2.18. The summed E-state index contributed by atoms with van der Waals surface area (Å²) in [5.41, 5.74) is 2.77. The third-order valence-electron chi connectivity index (χ3n) is 3.63. The van der Waals surface area contributed by atoms with E-state index in [2.05, 4.69) is 5.10 Å². The Kier molecular flexibility index (Phi) is 5.37. The molecule has 1 N–H and O–H groups in total. The number of halogens is 2. The van der Waals surface area contributed by atoms with Crippen LogP contribution in [0.1, 0.15) is 23.9 Å². The van der Waals surface area contributed by atoms with Crippen molar-refractivity contribution in [2.24, 2.45) is 5.92 Å². The lowest BCUT2D eigenvalue weighted by molar-refractivity contribution is 0.223. The van der Waals surface area contributed by atoms with Crippen LogP contribution in [-0.4, -0.2) is 21.5 Å². The van der Waals surface area contributed by atoms with Crippen LogP contribution >= 0.6 is 11.6 Å². The zero-order chi connectivity index (χ0) is 15.4. The first kappa shape index (κ1) is 16.0. The molecule has 2 rings (SSSR count). The lowest BCUT2D eigenvalue weighted by Gasteiger charge is -2.15. The molecule has 2 aromatic rings. The lowest BCUT2D eigenvalue weighted by Crippen LogP contribution is -2.16. The van der Waals surface area contributed by atoms with Gasteiger partial charge >= 0.3 is 0 Å². The van der Waals surface area contributed by atoms with E-state index >= 15 is 0 Å². The molecular weight excluding hydrogens is 291 g/mol. The van der Waals surface area contributed by atoms with Gasteiger partial charge in [-0.2, -0.15) is 5.10 Å². The number of hydrogen-bond acceptors (Lipinski definition) is 2. The summed E-state index contributed by atoms with van der Waals surface area (Å²) in [5.74, 6) is -0.212. The summed E-state index contributed by atoms with van der Waals surface area (Å²) in [6.07, 6.45) is 1.34. The van der Waals surface area contributed by atoms with Crippen molar-refractivity contribution >= 4 is 11.6 Å². The van der Waals surface area contributed by atoms with Crippen molar-refractivity contribution in [3.05, 3.63) is 52.1 Å². The van der Waals surface area contributed by atoms with Gasteiger partial charge in [0.25, 0.3) is 0 Å². The third kappa shape index (κ3) is 3.83. The minimum atomic E-state index is -0.248. The lowest BCUT2D eigenvalue weighted by atomic mass is 9.95. The molecule has 3 nitrogen and oxygen atoms in total. The minimum absolute atomic E-state index is 0.0364. The number of aromatic nitrogens is 2. The highest BCUT2D eigenvalue weighted by Crippen LogP contribution is 2.24. The maximum Gasteiger partial charge on any atom is 0.123 e. The molecule has 0 spiro atoms. The number of nitrogens with zero attached hydrogens (tertiary/aromatic N) is 2. The molecule has 0 saturated carbocycles. The van der Waals surface area contributed by atoms with Gasteiger partial charge in [-0.25, -0.2) is 4.39 Å². The van der Waals surface area contributed by atoms with Gasteiger partial charge in [0.15, 0.2) is 0 Å². The fourth-order valence-electron chi connectivity index (χ4n) is 2.49. The van der Waals surface area contributed by atoms with Gasteiger partial charge < -0.3 is 5.11 Å². The summed E-state index contributed by atoms with van der Waals surface area (Å²) in [5, 5.41) is 14.7. The smallest absolute Gasteiger partial charge is 0.123 e. The van der Waals surface area contributed by atoms with E-state index in [-0.39, 0.29) is 18.3 Å². The van der Waals surface area contributed by atoms with Crippen molar-refractivity contribution in [1.29, 1.82) is 0 Å². The second-order valence-corrected chi connectivity index (χ2v) is 5.62. The molecule has 0 fully saturated rings. The predicted molar refractivity (Wildman–Crippen MR) is 82.0 cm³/mol. The number of rotatable bonds is 6. The van der Waals surface area contributed by atoms with Gasteiger partial charge in [-0.15, -0.1) is 0 Å². The zero-order valence-corrected chi connectivity index (χ0v) is 13.1. The average molecular weight is 311 g/mol. The summed E-state index contributed by atoms with van der Waals surface area (Å²) in [6, 6.07) is 6.39. The monoisotopic (exact) mass is 310 g/mol. The Morgan fingerprint density at radius 1 is 1.29 bits per heavy atom. The average Bonchev–Trinajstić information content (AvgIpc) is 2.76. The van der Waals surface area contributed by atoms with E-state index in [0.717, 1.165) is 23.5 Å². The highest BCUT2D eigenvalue weighted by atomic mass is 35.5. The SMILES string of the molecule is CCn1nc(C)c(Cl)c1CC(CO)Cc1ccc(F)cc1. The maximum absolute atomic E-state index is 12.9. The van der Waals surface area contributed by atoms with Crippen LogP contribution in [0.25, 0.3) is 0 Å². The molecule has 114 valence electrons. The summed E-state index contributed by atoms with van der Waals surface area (Å²) in [4.78, 5) is 0. The molecule has 1 unspecified atom stereocenters. The number of hydrogen-bond donors (Lipinski definition) is 1. The number of aliphatic hydroxyl groups is 1. The topological polar surface area (TPSA) is 38.0 Å². The van der Waals surface area contributed by atoms with E-state index < -0.39 is 0 Å². The predicted octanol–water partition coefficient (Wildman–Crippen LogP) is 3.40. The fraction of sp³-hybridized carbons (Fsp3) is 0.438. The first-order valence-electron chi connectivity index (χ1n) is 7.12. The van der Waals surface area contributed by atoms with Gasteiger partial charge in [-0.3, -0.25) is 4.68 Å². The maximum atomic E-state index is 12.9. The molecule has 0 amide bonds. The summed E-state index contributed by atoms with van der Waals surface area (Å²) < 4.78 is 14.8. The Morgan fingerprint density at radius 3 is 2.52 bits per heavy atom. The first-order valence-corrected chi connectivity index (χ1v) is 7.50. The van der Waals surface area contributed by atoms with Crippen molar-refractivity contribution in [2.75, 3.05) is 6.61 Å². The summed E-state index contributed by atoms with van der Waals surface area (Å²) in [6.45, 7) is 4.70. The number of aryl methyl sites for hydroxylation is 2. The molecular formula is C16H20ClFN2O. The molecule has 0 aliphatic heterocycles. The van der Waals surface area contributed by atoms with Crippen LogP contribution in [0.3, 0.4) is 0 Å². The molecule has 1 atom stereocenters. The number of aliphatic hydroxyl groups excluding tert-OH is 1. The molecule has 0 bridgehead atoms. The van der Waals surface area contributed by atoms with E-state index in [1.54, 1.807) is 12.1 Å². The van der Waals surface area contributed by atoms with Crippen molar-refractivity contribution in [1.82, 2.24) is 9.78 Å². The normalized spacial score (nSPS) is 12.6. The van der Waals surface area contributed by atoms with Gasteiger partial charge in [0.2, 0.25) is 0 Å². The Labute approximate surface area is 129 Å². The second kappa shape index (κ2) is 7.05.